The van der Waals surface area contributed by atoms with Crippen molar-refractivity contribution in [2.75, 3.05) is 73.1 Å². The summed E-state index contributed by atoms with van der Waals surface area (Å²) in [6.07, 6.45) is 0. The topological polar surface area (TPSA) is 134 Å². The van der Waals surface area contributed by atoms with E-state index in [1.807, 2.05) is 0 Å². The monoisotopic (exact) mass is 446 g/mol. The van der Waals surface area contributed by atoms with Crippen molar-refractivity contribution in [2.24, 2.45) is 5.11 Å². The molecule has 168 valence electrons. The summed E-state index contributed by atoms with van der Waals surface area (Å²) in [6, 6.07) is 3.16. The molecule has 0 aliphatic carbocycles. The summed E-state index contributed by atoms with van der Waals surface area (Å²) in [5.74, 6) is 0.0743. The fourth-order valence-corrected chi connectivity index (χ4v) is 2.19. The molecule has 30 heavy (non-hydrogen) atoms. The second-order valence-electron chi connectivity index (χ2n) is 5.56. The number of ether oxygens (including phenoxy) is 6. The molecule has 12 heteroatoms. The van der Waals surface area contributed by atoms with Crippen LogP contribution < -0.4 is 4.74 Å². The maximum absolute atomic E-state index is 11.6. The van der Waals surface area contributed by atoms with E-state index >= 15 is 0 Å². The van der Waals surface area contributed by atoms with E-state index in [9.17, 15) is 4.79 Å². The first kappa shape index (κ1) is 25.9. The predicted molar refractivity (Wildman–Crippen MR) is 108 cm³/mol. The second-order valence-corrected chi connectivity index (χ2v) is 5.82. The molecule has 0 bridgehead atoms. The van der Waals surface area contributed by atoms with E-state index in [0.29, 0.717) is 77.5 Å². The normalized spacial score (nSPS) is 10.5. The van der Waals surface area contributed by atoms with Gasteiger partial charge in [0.2, 0.25) is 0 Å². The first-order valence-electron chi connectivity index (χ1n) is 9.31. The van der Waals surface area contributed by atoms with Crippen LogP contribution in [0.25, 0.3) is 10.4 Å². The molecule has 0 unspecified atom stereocenters. The van der Waals surface area contributed by atoms with Crippen LogP contribution in [-0.4, -0.2) is 84.1 Å². The van der Waals surface area contributed by atoms with Crippen LogP contribution >= 0.6 is 11.6 Å². The van der Waals surface area contributed by atoms with Crippen LogP contribution in [0, 0.1) is 0 Å². The predicted octanol–water partition coefficient (Wildman–Crippen LogP) is 2.36. The molecule has 0 spiro atoms. The van der Waals surface area contributed by atoms with Crippen molar-refractivity contribution in [3.8, 4) is 5.75 Å². The fourth-order valence-electron chi connectivity index (χ4n) is 2.05. The Morgan fingerprint density at radius 2 is 1.57 bits per heavy atom. The van der Waals surface area contributed by atoms with Gasteiger partial charge in [-0.05, 0) is 5.53 Å². The molecular weight excluding hydrogens is 420 g/mol. The highest BCUT2D eigenvalue weighted by Crippen LogP contribution is 2.16. The number of aromatic nitrogens is 1. The van der Waals surface area contributed by atoms with Crippen molar-refractivity contribution < 1.29 is 33.2 Å². The standard InChI is InChI=1S/C18H27ClN4O7/c1-25-18(24)17-13-16(12-15(14-19)22-17)30-11-10-29-9-8-28-7-6-27-5-4-26-3-2-21-23-20/h12-13H,2-11,14H2,1H3. The molecular formula is C18H27ClN4O7. The number of hydrogen-bond donors (Lipinski definition) is 0. The Morgan fingerprint density at radius 3 is 2.10 bits per heavy atom. The van der Waals surface area contributed by atoms with Gasteiger partial charge < -0.3 is 28.4 Å². The molecule has 0 saturated heterocycles. The summed E-state index contributed by atoms with van der Waals surface area (Å²) in [7, 11) is 1.28. The fraction of sp³-hybridized carbons (Fsp3) is 0.667. The molecule has 0 amide bonds. The van der Waals surface area contributed by atoms with Gasteiger partial charge in [0.05, 0.1) is 71.5 Å². The van der Waals surface area contributed by atoms with E-state index in [1.54, 1.807) is 6.07 Å². The summed E-state index contributed by atoms with van der Waals surface area (Å²) >= 11 is 5.78. The van der Waals surface area contributed by atoms with Crippen molar-refractivity contribution in [2.45, 2.75) is 5.88 Å². The average molecular weight is 447 g/mol. The Hall–Kier alpha value is -2.14. The van der Waals surface area contributed by atoms with E-state index in [4.69, 9.17) is 40.8 Å². The number of alkyl halides is 1. The summed E-state index contributed by atoms with van der Waals surface area (Å²) in [5.41, 5.74) is 8.76. The number of rotatable bonds is 18. The van der Waals surface area contributed by atoms with Crippen LogP contribution in [0.15, 0.2) is 17.2 Å². The minimum atomic E-state index is -0.554. The number of hydrogen-bond acceptors (Lipinski definition) is 9. The lowest BCUT2D eigenvalue weighted by Gasteiger charge is -2.10. The third-order valence-corrected chi connectivity index (χ3v) is 3.67. The Bertz CT molecular complexity index is 659. The minimum absolute atomic E-state index is 0.141. The molecule has 1 aromatic rings. The molecule has 0 saturated carbocycles. The van der Waals surface area contributed by atoms with Crippen molar-refractivity contribution >= 4 is 17.6 Å². The minimum Gasteiger partial charge on any atom is -0.491 e. The number of nitrogens with zero attached hydrogens (tertiary/aromatic N) is 4. The molecule has 11 nitrogen and oxygen atoms in total. The maximum atomic E-state index is 11.6. The zero-order chi connectivity index (χ0) is 21.9. The van der Waals surface area contributed by atoms with Crippen molar-refractivity contribution in [3.63, 3.8) is 0 Å². The second kappa shape index (κ2) is 17.7. The number of halogens is 1. The molecule has 1 rings (SSSR count). The van der Waals surface area contributed by atoms with Gasteiger partial charge in [0, 0.05) is 23.6 Å². The van der Waals surface area contributed by atoms with Crippen LogP contribution in [0.2, 0.25) is 0 Å². The van der Waals surface area contributed by atoms with Crippen LogP contribution in [0.3, 0.4) is 0 Å². The molecule has 0 radical (unpaired) electrons. The summed E-state index contributed by atoms with van der Waals surface area (Å²) in [5, 5.41) is 3.35. The van der Waals surface area contributed by atoms with Gasteiger partial charge in [-0.3, -0.25) is 0 Å². The lowest BCUT2D eigenvalue weighted by atomic mass is 10.3. The van der Waals surface area contributed by atoms with Crippen molar-refractivity contribution in [3.05, 3.63) is 34.0 Å². The highest BCUT2D eigenvalue weighted by atomic mass is 35.5. The first-order chi connectivity index (χ1) is 14.7. The number of carbonyl (C=O) groups is 1. The van der Waals surface area contributed by atoms with Gasteiger partial charge >= 0.3 is 5.97 Å². The molecule has 0 aromatic carbocycles. The van der Waals surface area contributed by atoms with Gasteiger partial charge in [0.1, 0.15) is 12.4 Å². The Labute approximate surface area is 180 Å². The van der Waals surface area contributed by atoms with Gasteiger partial charge in [-0.25, -0.2) is 9.78 Å². The molecule has 0 fully saturated rings. The van der Waals surface area contributed by atoms with Gasteiger partial charge in [-0.15, -0.1) is 11.6 Å². The van der Waals surface area contributed by atoms with E-state index in [0.717, 1.165) is 0 Å². The molecule has 0 N–H and O–H groups in total. The van der Waals surface area contributed by atoms with Gasteiger partial charge in [-0.1, -0.05) is 5.11 Å². The third kappa shape index (κ3) is 12.4. The summed E-state index contributed by atoms with van der Waals surface area (Å²) < 4.78 is 31.6. The molecule has 0 aliphatic heterocycles. The highest BCUT2D eigenvalue weighted by Gasteiger charge is 2.11. The van der Waals surface area contributed by atoms with Crippen molar-refractivity contribution in [1.29, 1.82) is 0 Å². The van der Waals surface area contributed by atoms with Gasteiger partial charge in [-0.2, -0.15) is 0 Å². The van der Waals surface area contributed by atoms with Gasteiger partial charge in [0.15, 0.2) is 5.69 Å². The largest absolute Gasteiger partial charge is 0.491 e. The Morgan fingerprint density at radius 1 is 1.00 bits per heavy atom. The van der Waals surface area contributed by atoms with E-state index < -0.39 is 5.97 Å². The first-order valence-corrected chi connectivity index (χ1v) is 9.84. The van der Waals surface area contributed by atoms with Crippen molar-refractivity contribution in [1.82, 2.24) is 4.98 Å². The average Bonchev–Trinajstić information content (AvgIpc) is 2.77. The van der Waals surface area contributed by atoms with Crippen LogP contribution in [0.5, 0.6) is 5.75 Å². The van der Waals surface area contributed by atoms with E-state index in [-0.39, 0.29) is 11.6 Å². The highest BCUT2D eigenvalue weighted by molar-refractivity contribution is 6.16. The van der Waals surface area contributed by atoms with E-state index in [2.05, 4.69) is 19.7 Å². The molecule has 0 atom stereocenters. The Kier molecular flexibility index (Phi) is 15.3. The zero-order valence-corrected chi connectivity index (χ0v) is 17.7. The number of carbonyl (C=O) groups excluding carboxylic acids is 1. The van der Waals surface area contributed by atoms with Crippen LogP contribution in [0.4, 0.5) is 0 Å². The lowest BCUT2D eigenvalue weighted by Crippen LogP contribution is -2.14. The Balaban J connectivity index is 2.00. The van der Waals surface area contributed by atoms with Gasteiger partial charge in [0.25, 0.3) is 0 Å². The summed E-state index contributed by atoms with van der Waals surface area (Å²) in [6.45, 7) is 4.01. The zero-order valence-electron chi connectivity index (χ0n) is 17.0. The number of pyridine rings is 1. The number of esters is 1. The third-order valence-electron chi connectivity index (χ3n) is 3.39. The number of methoxy groups -OCH3 is 1. The smallest absolute Gasteiger partial charge is 0.356 e. The SMILES string of the molecule is COC(=O)c1cc(OCCOCCOCCOCCOCCN=[N+]=[N-])cc(CCl)n1. The summed E-state index contributed by atoms with van der Waals surface area (Å²) in [4.78, 5) is 18.3. The van der Waals surface area contributed by atoms with Crippen LogP contribution in [-0.2, 0) is 29.6 Å². The maximum Gasteiger partial charge on any atom is 0.356 e. The molecule has 0 aliphatic rings. The van der Waals surface area contributed by atoms with E-state index in [1.165, 1.54) is 13.2 Å². The molecule has 1 heterocycles. The molecule has 1 aromatic heterocycles. The lowest BCUT2D eigenvalue weighted by molar-refractivity contribution is -0.00387. The number of azide groups is 1. The quantitative estimate of drug-likeness (QED) is 0.0837. The van der Waals surface area contributed by atoms with Crippen LogP contribution in [0.1, 0.15) is 16.2 Å².